The van der Waals surface area contributed by atoms with Crippen molar-refractivity contribution in [3.63, 3.8) is 0 Å². The highest BCUT2D eigenvalue weighted by Gasteiger charge is 2.55. The van der Waals surface area contributed by atoms with Crippen LogP contribution in [0.4, 0.5) is 0 Å². The smallest absolute Gasteiger partial charge is 0.334 e. The first-order valence-corrected chi connectivity index (χ1v) is 4.90. The van der Waals surface area contributed by atoms with E-state index in [4.69, 9.17) is 0 Å². The quantitative estimate of drug-likeness (QED) is 0.407. The minimum absolute atomic E-state index is 0.316. The average molecular weight is 225 g/mol. The molecule has 1 aliphatic carbocycles. The lowest BCUT2D eigenvalue weighted by atomic mass is 9.66. The molecule has 0 aromatic rings. The Bertz CT molecular complexity index is 395. The maximum Gasteiger partial charge on any atom is 0.334 e. The predicted octanol–water partition coefficient (Wildman–Crippen LogP) is 1.72. The summed E-state index contributed by atoms with van der Waals surface area (Å²) in [4.78, 5) is 22.3. The Kier molecular flexibility index (Phi) is 2.90. The van der Waals surface area contributed by atoms with E-state index in [2.05, 4.69) is 4.74 Å². The molecule has 0 saturated carbocycles. The van der Waals surface area contributed by atoms with Crippen molar-refractivity contribution in [1.29, 1.82) is 0 Å². The molecule has 1 atom stereocenters. The summed E-state index contributed by atoms with van der Waals surface area (Å²) in [6.07, 6.45) is 4.59. The number of rotatable bonds is 2. The van der Waals surface area contributed by atoms with E-state index in [0.29, 0.717) is 5.57 Å². The van der Waals surface area contributed by atoms with Crippen molar-refractivity contribution in [2.24, 2.45) is 5.41 Å². The Balaban J connectivity index is 3.28. The van der Waals surface area contributed by atoms with Crippen molar-refractivity contribution in [2.45, 2.75) is 26.3 Å². The molecular formula is C11H15NO4. The molecule has 0 bridgehead atoms. The van der Waals surface area contributed by atoms with Crippen LogP contribution >= 0.6 is 0 Å². The Hall–Kier alpha value is -1.65. The van der Waals surface area contributed by atoms with Gasteiger partial charge in [0.25, 0.3) is 0 Å². The van der Waals surface area contributed by atoms with Crippen molar-refractivity contribution in [1.82, 2.24) is 0 Å². The number of methoxy groups -OCH3 is 1. The molecule has 1 rings (SSSR count). The number of nitro groups is 1. The van der Waals surface area contributed by atoms with Crippen LogP contribution in [0.5, 0.6) is 0 Å². The van der Waals surface area contributed by atoms with Crippen molar-refractivity contribution in [3.05, 3.63) is 33.9 Å². The molecule has 1 unspecified atom stereocenters. The van der Waals surface area contributed by atoms with Gasteiger partial charge in [-0.05, 0) is 19.9 Å². The van der Waals surface area contributed by atoms with Gasteiger partial charge in [0, 0.05) is 11.8 Å². The van der Waals surface area contributed by atoms with Gasteiger partial charge in [-0.15, -0.1) is 0 Å². The molecule has 0 heterocycles. The summed E-state index contributed by atoms with van der Waals surface area (Å²) < 4.78 is 4.63. The summed E-state index contributed by atoms with van der Waals surface area (Å²) in [7, 11) is 1.26. The van der Waals surface area contributed by atoms with Crippen LogP contribution in [-0.2, 0) is 9.53 Å². The largest absolute Gasteiger partial charge is 0.466 e. The molecule has 0 aliphatic heterocycles. The van der Waals surface area contributed by atoms with Gasteiger partial charge >= 0.3 is 5.97 Å². The van der Waals surface area contributed by atoms with E-state index in [-0.39, 0.29) is 4.92 Å². The second-order valence-corrected chi connectivity index (χ2v) is 4.46. The molecule has 88 valence electrons. The molecule has 0 saturated heterocycles. The highest BCUT2D eigenvalue weighted by Crippen LogP contribution is 2.43. The second kappa shape index (κ2) is 3.73. The first kappa shape index (κ1) is 12.4. The minimum Gasteiger partial charge on any atom is -0.466 e. The van der Waals surface area contributed by atoms with Crippen LogP contribution in [0.25, 0.3) is 0 Å². The van der Waals surface area contributed by atoms with Gasteiger partial charge in [0.1, 0.15) is 0 Å². The lowest BCUT2D eigenvalue weighted by molar-refractivity contribution is -0.567. The summed E-state index contributed by atoms with van der Waals surface area (Å²) in [5.74, 6) is -0.526. The number of hydrogen-bond donors (Lipinski definition) is 0. The van der Waals surface area contributed by atoms with Crippen LogP contribution in [0.15, 0.2) is 23.8 Å². The molecule has 0 N–H and O–H groups in total. The Morgan fingerprint density at radius 1 is 1.44 bits per heavy atom. The fraction of sp³-hybridized carbons (Fsp3) is 0.545. The van der Waals surface area contributed by atoms with Crippen molar-refractivity contribution >= 4 is 5.97 Å². The van der Waals surface area contributed by atoms with Crippen molar-refractivity contribution in [2.75, 3.05) is 7.11 Å². The third-order valence-corrected chi connectivity index (χ3v) is 3.41. The molecule has 5 heteroatoms. The van der Waals surface area contributed by atoms with Crippen LogP contribution in [-0.4, -0.2) is 23.5 Å². The SMILES string of the molecule is COC(=O)C1=CC=CC(C)([N+](=O)[O-])C1(C)C. The van der Waals surface area contributed by atoms with Crippen LogP contribution in [0.1, 0.15) is 20.8 Å². The van der Waals surface area contributed by atoms with Crippen LogP contribution in [0.3, 0.4) is 0 Å². The zero-order chi connectivity index (χ0) is 12.6. The van der Waals surface area contributed by atoms with Gasteiger partial charge in [-0.1, -0.05) is 12.2 Å². The van der Waals surface area contributed by atoms with Gasteiger partial charge in [0.05, 0.1) is 18.1 Å². The molecule has 0 fully saturated rings. The van der Waals surface area contributed by atoms with Gasteiger partial charge in [0.2, 0.25) is 5.54 Å². The number of esters is 1. The number of ether oxygens (including phenoxy) is 1. The van der Waals surface area contributed by atoms with Gasteiger partial charge in [-0.3, -0.25) is 10.1 Å². The van der Waals surface area contributed by atoms with E-state index in [1.807, 2.05) is 0 Å². The molecule has 0 aromatic carbocycles. The first-order valence-electron chi connectivity index (χ1n) is 4.90. The lowest BCUT2D eigenvalue weighted by Gasteiger charge is -2.37. The number of carbonyl (C=O) groups excluding carboxylic acids is 1. The molecule has 0 aromatic heterocycles. The zero-order valence-corrected chi connectivity index (χ0v) is 9.81. The summed E-state index contributed by atoms with van der Waals surface area (Å²) in [6.45, 7) is 4.84. The number of carbonyl (C=O) groups is 1. The van der Waals surface area contributed by atoms with Crippen LogP contribution in [0, 0.1) is 15.5 Å². The Morgan fingerprint density at radius 3 is 2.44 bits per heavy atom. The maximum atomic E-state index is 11.5. The highest BCUT2D eigenvalue weighted by atomic mass is 16.6. The Morgan fingerprint density at radius 2 is 2.00 bits per heavy atom. The van der Waals surface area contributed by atoms with E-state index in [0.717, 1.165) is 0 Å². The third-order valence-electron chi connectivity index (χ3n) is 3.41. The lowest BCUT2D eigenvalue weighted by Crippen LogP contribution is -2.50. The minimum atomic E-state index is -1.30. The summed E-state index contributed by atoms with van der Waals surface area (Å²) >= 11 is 0. The normalized spacial score (nSPS) is 27.1. The zero-order valence-electron chi connectivity index (χ0n) is 9.81. The van der Waals surface area contributed by atoms with Gasteiger partial charge in [-0.2, -0.15) is 0 Å². The molecule has 0 amide bonds. The average Bonchev–Trinajstić information content (AvgIpc) is 2.20. The van der Waals surface area contributed by atoms with Gasteiger partial charge < -0.3 is 4.74 Å². The fourth-order valence-corrected chi connectivity index (χ4v) is 1.74. The molecule has 16 heavy (non-hydrogen) atoms. The van der Waals surface area contributed by atoms with E-state index in [1.165, 1.54) is 26.2 Å². The standard InChI is InChI=1S/C11H15NO4/c1-10(2)8(9(13)16-4)6-5-7-11(10,3)12(14)15/h5-7H,1-4H3. The maximum absolute atomic E-state index is 11.5. The van der Waals surface area contributed by atoms with Gasteiger partial charge in [0.15, 0.2) is 0 Å². The van der Waals surface area contributed by atoms with E-state index < -0.39 is 16.9 Å². The monoisotopic (exact) mass is 225 g/mol. The molecule has 1 aliphatic rings. The van der Waals surface area contributed by atoms with Crippen molar-refractivity contribution < 1.29 is 14.5 Å². The van der Waals surface area contributed by atoms with E-state index in [9.17, 15) is 14.9 Å². The second-order valence-electron chi connectivity index (χ2n) is 4.46. The molecule has 0 radical (unpaired) electrons. The number of nitrogens with zero attached hydrogens (tertiary/aromatic N) is 1. The topological polar surface area (TPSA) is 69.4 Å². The predicted molar refractivity (Wildman–Crippen MR) is 58.4 cm³/mol. The summed E-state index contributed by atoms with van der Waals surface area (Å²) in [5, 5.41) is 11.1. The van der Waals surface area contributed by atoms with Crippen LogP contribution < -0.4 is 0 Å². The summed E-state index contributed by atoms with van der Waals surface area (Å²) in [6, 6.07) is 0. The molecule has 0 spiro atoms. The van der Waals surface area contributed by atoms with Gasteiger partial charge in [-0.25, -0.2) is 4.79 Å². The third kappa shape index (κ3) is 1.52. The summed E-state index contributed by atoms with van der Waals surface area (Å²) in [5.41, 5.74) is -1.89. The van der Waals surface area contributed by atoms with E-state index >= 15 is 0 Å². The molecular weight excluding hydrogens is 210 g/mol. The first-order chi connectivity index (χ1) is 7.27. The molecule has 5 nitrogen and oxygen atoms in total. The van der Waals surface area contributed by atoms with E-state index in [1.54, 1.807) is 19.9 Å². The van der Waals surface area contributed by atoms with Crippen molar-refractivity contribution in [3.8, 4) is 0 Å². The van der Waals surface area contributed by atoms with Crippen LogP contribution in [0.2, 0.25) is 0 Å². The Labute approximate surface area is 93.9 Å². The number of hydrogen-bond acceptors (Lipinski definition) is 4. The fourth-order valence-electron chi connectivity index (χ4n) is 1.74. The number of allylic oxidation sites excluding steroid dienone is 2. The highest BCUT2D eigenvalue weighted by molar-refractivity contribution is 5.91.